The summed E-state index contributed by atoms with van der Waals surface area (Å²) >= 11 is 0. The second-order valence-electron chi connectivity index (χ2n) is 19.1. The van der Waals surface area contributed by atoms with E-state index >= 15 is 0 Å². The molecule has 6 nitrogen and oxygen atoms in total. The van der Waals surface area contributed by atoms with E-state index in [0.29, 0.717) is 0 Å². The van der Waals surface area contributed by atoms with E-state index in [1.165, 1.54) is 80.8 Å². The van der Waals surface area contributed by atoms with Gasteiger partial charge in [-0.1, -0.05) is 115 Å². The Kier molecular flexibility index (Phi) is 7.17. The molecule has 2 aromatic heterocycles. The van der Waals surface area contributed by atoms with Gasteiger partial charge >= 0.3 is 0 Å². The molecule has 0 N–H and O–H groups in total. The first-order valence-corrected chi connectivity index (χ1v) is 24.3. The van der Waals surface area contributed by atoms with Gasteiger partial charge in [-0.05, 0) is 132 Å². The van der Waals surface area contributed by atoms with Crippen LogP contribution in [0.15, 0.2) is 219 Å². The maximum atomic E-state index is 7.15. The molecular weight excluding hydrogens is 869 g/mol. The quantitative estimate of drug-likeness (QED) is 0.101. The Labute approximate surface area is 405 Å². The molecule has 1 atom stereocenters. The molecule has 0 saturated heterocycles. The molecule has 71 heavy (non-hydrogen) atoms. The molecule has 0 radical (unpaired) electrons. The third-order valence-electron chi connectivity index (χ3n) is 15.6. The number of ether oxygens (including phenoxy) is 2. The molecular formula is C65H37N4O2+. The van der Waals surface area contributed by atoms with E-state index in [1.807, 2.05) is 30.6 Å². The van der Waals surface area contributed by atoms with E-state index in [-0.39, 0.29) is 6.10 Å². The predicted octanol–water partition coefficient (Wildman–Crippen LogP) is 16.9. The van der Waals surface area contributed by atoms with Gasteiger partial charge in [-0.3, -0.25) is 4.98 Å². The number of anilines is 3. The van der Waals surface area contributed by atoms with Crippen LogP contribution in [0.2, 0.25) is 0 Å². The summed E-state index contributed by atoms with van der Waals surface area (Å²) < 4.78 is 18.5. The van der Waals surface area contributed by atoms with Gasteiger partial charge in [0.1, 0.15) is 0 Å². The van der Waals surface area contributed by atoms with Crippen molar-refractivity contribution in [3.63, 3.8) is 0 Å². The van der Waals surface area contributed by atoms with Crippen LogP contribution < -0.4 is 18.9 Å². The molecule has 0 fully saturated rings. The van der Waals surface area contributed by atoms with Gasteiger partial charge in [-0.2, -0.15) is 0 Å². The minimum atomic E-state index is -0.291. The molecule has 17 rings (SSSR count). The lowest BCUT2D eigenvalue weighted by atomic mass is 9.88. The Morgan fingerprint density at radius 2 is 1.13 bits per heavy atom. The molecule has 1 unspecified atom stereocenters. The van der Waals surface area contributed by atoms with Crippen molar-refractivity contribution in [2.75, 3.05) is 4.90 Å². The Morgan fingerprint density at radius 3 is 1.93 bits per heavy atom. The Hall–Kier alpha value is -9.52. The van der Waals surface area contributed by atoms with Crippen LogP contribution >= 0.6 is 0 Å². The third-order valence-corrected chi connectivity index (χ3v) is 15.6. The van der Waals surface area contributed by atoms with Crippen LogP contribution in [0.5, 0.6) is 17.2 Å². The highest BCUT2D eigenvalue weighted by Crippen LogP contribution is 2.54. The molecule has 0 amide bonds. The van der Waals surface area contributed by atoms with Crippen LogP contribution in [-0.2, 0) is 0 Å². The zero-order chi connectivity index (χ0) is 46.1. The fraction of sp³-hybridized carbons (Fsp3) is 0.0154. The van der Waals surface area contributed by atoms with Gasteiger partial charge in [-0.25, -0.2) is 0 Å². The van der Waals surface area contributed by atoms with Crippen LogP contribution in [0, 0.1) is 0 Å². The van der Waals surface area contributed by atoms with Gasteiger partial charge in [0.05, 0.1) is 45.4 Å². The number of pyridine rings is 1. The Bertz CT molecular complexity index is 4720. The number of hydrogen-bond acceptors (Lipinski definition) is 4. The molecule has 328 valence electrons. The first-order chi connectivity index (χ1) is 35.2. The van der Waals surface area contributed by atoms with Crippen molar-refractivity contribution in [3.8, 4) is 22.9 Å². The molecule has 4 heterocycles. The second-order valence-corrected chi connectivity index (χ2v) is 19.1. The van der Waals surface area contributed by atoms with Gasteiger partial charge in [-0.15, -0.1) is 4.58 Å². The highest BCUT2D eigenvalue weighted by atomic mass is 16.5. The highest BCUT2D eigenvalue weighted by Gasteiger charge is 2.39. The molecule has 14 aromatic rings. The monoisotopic (exact) mass is 905 g/mol. The van der Waals surface area contributed by atoms with Crippen molar-refractivity contribution in [2.45, 2.75) is 6.10 Å². The standard InChI is InChI=1S/C65H37N4O2/c1-4-21-57-51(18-1)68(52-19-2-5-22-58(52)70-57)49-30-26-38-25-29-45-50(31-27-39-24-28-44(49)62(38)63(39)45)69-53-20-3-6-23-59(53)71-60-34-48-54(35-55(60)69)67(40-13-10-32-66-36-40)56-33-47-43-15-8-12-37-11-7-14-41(61(37)43)42-16-9-17-46(64(42)47)65(48)56/h1-36,59H/q+1. The van der Waals surface area contributed by atoms with Crippen molar-refractivity contribution in [3.05, 3.63) is 219 Å². The number of nitrogens with zero attached hydrogens (tertiary/aromatic N) is 4. The smallest absolute Gasteiger partial charge is 0.255 e. The highest BCUT2D eigenvalue weighted by molar-refractivity contribution is 6.38. The van der Waals surface area contributed by atoms with Crippen LogP contribution in [0.4, 0.5) is 28.4 Å². The first kappa shape index (κ1) is 37.5. The Balaban J connectivity index is 0.954. The third kappa shape index (κ3) is 4.90. The molecule has 0 spiro atoms. The van der Waals surface area contributed by atoms with Crippen molar-refractivity contribution in [1.29, 1.82) is 0 Å². The molecule has 12 aromatic carbocycles. The van der Waals surface area contributed by atoms with Gasteiger partial charge in [0.25, 0.3) is 5.69 Å². The molecule has 3 aliphatic rings. The summed E-state index contributed by atoms with van der Waals surface area (Å²) in [4.78, 5) is 7.06. The van der Waals surface area contributed by atoms with Crippen molar-refractivity contribution < 1.29 is 9.47 Å². The minimum absolute atomic E-state index is 0.291. The normalized spacial score (nSPS) is 15.2. The van der Waals surface area contributed by atoms with E-state index in [0.717, 1.165) is 73.5 Å². The summed E-state index contributed by atoms with van der Waals surface area (Å²) in [6.45, 7) is 0. The van der Waals surface area contributed by atoms with E-state index < -0.39 is 0 Å². The summed E-state index contributed by atoms with van der Waals surface area (Å²) in [6, 6.07) is 66.6. The Morgan fingerprint density at radius 1 is 0.437 bits per heavy atom. The van der Waals surface area contributed by atoms with E-state index in [2.05, 4.69) is 202 Å². The van der Waals surface area contributed by atoms with Crippen LogP contribution in [0.1, 0.15) is 0 Å². The second kappa shape index (κ2) is 13.6. The topological polar surface area (TPSA) is 42.5 Å². The number of benzene rings is 12. The lowest BCUT2D eigenvalue weighted by molar-refractivity contribution is 0.304. The number of hydrogen-bond donors (Lipinski definition) is 0. The van der Waals surface area contributed by atoms with E-state index in [1.54, 1.807) is 0 Å². The number of allylic oxidation sites excluding steroid dienone is 2. The minimum Gasteiger partial charge on any atom is -0.468 e. The van der Waals surface area contributed by atoms with Gasteiger partial charge < -0.3 is 18.9 Å². The largest absolute Gasteiger partial charge is 0.468 e. The zero-order valence-corrected chi connectivity index (χ0v) is 38.0. The van der Waals surface area contributed by atoms with Gasteiger partial charge in [0.2, 0.25) is 17.5 Å². The number of aromatic nitrogens is 2. The molecule has 0 bridgehead atoms. The average Bonchev–Trinajstić information content (AvgIpc) is 3.75. The molecule has 6 heteroatoms. The van der Waals surface area contributed by atoms with Crippen LogP contribution in [0.3, 0.4) is 0 Å². The fourth-order valence-corrected chi connectivity index (χ4v) is 12.7. The molecule has 1 aliphatic carbocycles. The number of fused-ring (bicyclic) bond motifs is 10. The summed E-state index contributed by atoms with van der Waals surface area (Å²) in [5.41, 5.74) is 9.51. The van der Waals surface area contributed by atoms with Gasteiger partial charge in [0.15, 0.2) is 17.2 Å². The summed E-state index contributed by atoms with van der Waals surface area (Å²) in [7, 11) is 0. The van der Waals surface area contributed by atoms with Crippen LogP contribution in [0.25, 0.3) is 103 Å². The van der Waals surface area contributed by atoms with E-state index in [9.17, 15) is 0 Å². The predicted molar refractivity (Wildman–Crippen MR) is 294 cm³/mol. The lowest BCUT2D eigenvalue weighted by Gasteiger charge is -2.33. The maximum absolute atomic E-state index is 7.15. The van der Waals surface area contributed by atoms with Crippen LogP contribution in [-0.4, -0.2) is 21.4 Å². The fourth-order valence-electron chi connectivity index (χ4n) is 12.7. The SMILES string of the molecule is C1=CC2=[N+](c3ccc4ccc5c(N6c7ccccc7Oc7ccccc76)ccc6ccc3c4c65)c3cc4c(cc3OC2C=C1)c1c2cccc3c5cccc6cccc(c(cc1n4-c1cccnc1)c32)c65. The van der Waals surface area contributed by atoms with Gasteiger partial charge in [0, 0.05) is 46.0 Å². The van der Waals surface area contributed by atoms with E-state index in [4.69, 9.17) is 14.5 Å². The zero-order valence-electron chi connectivity index (χ0n) is 38.0. The molecule has 0 saturated carbocycles. The first-order valence-electron chi connectivity index (χ1n) is 24.3. The number of para-hydroxylation sites is 4. The molecule has 2 aliphatic heterocycles. The van der Waals surface area contributed by atoms with Crippen molar-refractivity contribution >= 4 is 131 Å². The summed E-state index contributed by atoms with van der Waals surface area (Å²) in [6.07, 6.45) is 12.2. The summed E-state index contributed by atoms with van der Waals surface area (Å²) in [5, 5.41) is 19.7. The summed E-state index contributed by atoms with van der Waals surface area (Å²) in [5.74, 6) is 2.51. The average molecular weight is 906 g/mol. The van der Waals surface area contributed by atoms with Crippen molar-refractivity contribution in [1.82, 2.24) is 14.1 Å². The van der Waals surface area contributed by atoms with Crippen molar-refractivity contribution in [2.24, 2.45) is 0 Å². The number of rotatable bonds is 3. The maximum Gasteiger partial charge on any atom is 0.255 e. The lowest BCUT2D eigenvalue weighted by Crippen LogP contribution is -2.36.